The first-order valence-electron chi connectivity index (χ1n) is 19.8. The molecule has 0 atom stereocenters. The van der Waals surface area contributed by atoms with Gasteiger partial charge in [-0.15, -0.1) is 0 Å². The summed E-state index contributed by atoms with van der Waals surface area (Å²) in [7, 11) is 0. The number of carbonyl (C=O) groups excluding carboxylic acids is 2. The number of hydrogen-bond acceptors (Lipinski definition) is 14. The molecule has 2 heterocycles. The Balaban J connectivity index is 1.15. The molecule has 64 heavy (non-hydrogen) atoms. The van der Waals surface area contributed by atoms with Crippen molar-refractivity contribution in [2.24, 2.45) is 9.98 Å². The number of fused-ring (bicyclic) bond motifs is 6. The molecule has 0 spiro atoms. The van der Waals surface area contributed by atoms with Gasteiger partial charge in [0.25, 0.3) is 0 Å². The highest BCUT2D eigenvalue weighted by Gasteiger charge is 2.31. The molecular formula is C50H26N4O8S2. The van der Waals surface area contributed by atoms with E-state index < -0.39 is 33.7 Å². The van der Waals surface area contributed by atoms with Gasteiger partial charge in [0.2, 0.25) is 32.0 Å². The lowest BCUT2D eigenvalue weighted by molar-refractivity contribution is 0.0465. The summed E-state index contributed by atoms with van der Waals surface area (Å²) >= 11 is 1.70. The molecule has 0 aliphatic carbocycles. The normalized spacial score (nSPS) is 11.6. The van der Waals surface area contributed by atoms with Crippen LogP contribution in [-0.2, 0) is 22.7 Å². The van der Waals surface area contributed by atoms with Crippen LogP contribution in [-0.4, -0.2) is 21.9 Å². The summed E-state index contributed by atoms with van der Waals surface area (Å²) in [6.07, 6.45) is 0. The minimum atomic E-state index is -0.838. The second-order valence-corrected chi connectivity index (χ2v) is 16.9. The molecule has 0 fully saturated rings. The van der Waals surface area contributed by atoms with Gasteiger partial charge in [0.15, 0.2) is 10.7 Å². The largest absolute Gasteiger partial charge is 0.457 e. The highest BCUT2D eigenvalue weighted by molar-refractivity contribution is 7.24. The van der Waals surface area contributed by atoms with Gasteiger partial charge >= 0.3 is 11.9 Å². The van der Waals surface area contributed by atoms with E-state index in [1.807, 2.05) is 60.7 Å². The summed E-state index contributed by atoms with van der Waals surface area (Å²) in [6.45, 7) is -0.246. The molecule has 0 aliphatic rings. The van der Waals surface area contributed by atoms with Gasteiger partial charge in [-0.25, -0.2) is 29.5 Å². The first-order valence-corrected chi connectivity index (χ1v) is 21.4. The van der Waals surface area contributed by atoms with Crippen molar-refractivity contribution in [3.05, 3.63) is 207 Å². The maximum atomic E-state index is 14.4. The molecule has 0 unspecified atom stereocenters. The van der Waals surface area contributed by atoms with E-state index in [9.17, 15) is 28.8 Å². The van der Waals surface area contributed by atoms with Crippen molar-refractivity contribution in [1.29, 1.82) is 0 Å². The third kappa shape index (κ3) is 6.51. The third-order valence-corrected chi connectivity index (χ3v) is 13.0. The second kappa shape index (κ2) is 15.3. The van der Waals surface area contributed by atoms with Crippen LogP contribution in [0.15, 0.2) is 163 Å². The zero-order valence-corrected chi connectivity index (χ0v) is 34.6. The summed E-state index contributed by atoms with van der Waals surface area (Å²) in [5.74, 6) is -1.68. The average Bonchev–Trinajstić information content (AvgIpc) is 4.05. The predicted octanol–water partition coefficient (Wildman–Crippen LogP) is 7.89. The summed E-state index contributed by atoms with van der Waals surface area (Å²) in [6, 6.07) is 39.3. The van der Waals surface area contributed by atoms with Gasteiger partial charge in [-0.2, -0.15) is 0 Å². The van der Waals surface area contributed by atoms with Crippen LogP contribution in [0.1, 0.15) is 31.8 Å². The lowest BCUT2D eigenvalue weighted by Gasteiger charge is -2.10. The summed E-state index contributed by atoms with van der Waals surface area (Å²) in [4.78, 5) is 102. The minimum absolute atomic E-state index is 0.0299. The lowest BCUT2D eigenvalue weighted by Crippen LogP contribution is -2.31. The SMILES string of the molecule is O=C(OCc1ccccc1)c1c2nc(N=c3c(=O)c4cc5ccccc5cc4c3=O)sc2c(C(=O)OCc2ccccc2)c2nc(N=c3c(=O)c4cc5ccccc5cc4c3=O)sc12. The molecule has 14 heteroatoms. The number of benzene rings is 7. The van der Waals surface area contributed by atoms with Gasteiger partial charge < -0.3 is 9.47 Å². The fourth-order valence-corrected chi connectivity index (χ4v) is 9.88. The topological polar surface area (TPSA) is 171 Å². The van der Waals surface area contributed by atoms with Gasteiger partial charge in [-0.05, 0) is 56.9 Å². The van der Waals surface area contributed by atoms with Crippen molar-refractivity contribution in [1.82, 2.24) is 9.97 Å². The number of ether oxygens (including phenoxy) is 2. The molecule has 0 N–H and O–H groups in total. The molecule has 0 saturated heterocycles. The quantitative estimate of drug-likeness (QED) is 0.137. The Kier molecular flexibility index (Phi) is 9.26. The van der Waals surface area contributed by atoms with Crippen molar-refractivity contribution >= 4 is 108 Å². The monoisotopic (exact) mass is 874 g/mol. The number of rotatable bonds is 8. The van der Waals surface area contributed by atoms with Crippen molar-refractivity contribution in [3.63, 3.8) is 0 Å². The Morgan fingerprint density at radius 3 is 1.09 bits per heavy atom. The smallest absolute Gasteiger partial charge is 0.342 e. The highest BCUT2D eigenvalue weighted by atomic mass is 32.1. The number of thiazole rings is 2. The fraction of sp³-hybridized carbons (Fsp3) is 0.0400. The number of aromatic nitrogens is 2. The number of nitrogens with zero attached hydrogens (tertiary/aromatic N) is 4. The Bertz CT molecular complexity index is 3650. The molecule has 0 radical (unpaired) electrons. The molecule has 9 aromatic carbocycles. The molecule has 306 valence electrons. The lowest BCUT2D eigenvalue weighted by atomic mass is 10.1. The van der Waals surface area contributed by atoms with Gasteiger partial charge in [0.05, 0.1) is 9.40 Å². The number of esters is 2. The van der Waals surface area contributed by atoms with E-state index in [4.69, 9.17) is 19.4 Å². The molecule has 12 nitrogen and oxygen atoms in total. The van der Waals surface area contributed by atoms with Crippen LogP contribution < -0.4 is 32.4 Å². The zero-order valence-electron chi connectivity index (χ0n) is 33.0. The Morgan fingerprint density at radius 1 is 0.453 bits per heavy atom. The predicted molar refractivity (Wildman–Crippen MR) is 247 cm³/mol. The second-order valence-electron chi connectivity index (χ2n) is 14.9. The molecular weight excluding hydrogens is 849 g/mol. The molecule has 0 saturated carbocycles. The van der Waals surface area contributed by atoms with Gasteiger partial charge in [0.1, 0.15) is 35.4 Å². The molecule has 0 amide bonds. The summed E-state index contributed by atoms with van der Waals surface area (Å²) < 4.78 is 11.9. The first kappa shape index (κ1) is 38.7. The van der Waals surface area contributed by atoms with E-state index in [0.717, 1.165) is 44.2 Å². The van der Waals surface area contributed by atoms with E-state index in [1.54, 1.807) is 72.8 Å². The van der Waals surface area contributed by atoms with Crippen LogP contribution in [0, 0.1) is 0 Å². The minimum Gasteiger partial charge on any atom is -0.457 e. The van der Waals surface area contributed by atoms with E-state index in [2.05, 4.69) is 9.98 Å². The van der Waals surface area contributed by atoms with Crippen molar-refractivity contribution < 1.29 is 19.1 Å². The first-order chi connectivity index (χ1) is 31.2. The zero-order chi connectivity index (χ0) is 43.6. The number of carbonyl (C=O) groups is 2. The Hall–Kier alpha value is -8.20. The average molecular weight is 875 g/mol. The van der Waals surface area contributed by atoms with Gasteiger partial charge in [0, 0.05) is 21.5 Å². The van der Waals surface area contributed by atoms with Crippen LogP contribution in [0.25, 0.3) is 63.5 Å². The van der Waals surface area contributed by atoms with Crippen LogP contribution >= 0.6 is 22.7 Å². The van der Waals surface area contributed by atoms with E-state index in [0.29, 0.717) is 11.1 Å². The van der Waals surface area contributed by atoms with Gasteiger partial charge in [-0.3, -0.25) is 19.2 Å². The third-order valence-electron chi connectivity index (χ3n) is 11.0. The molecule has 11 aromatic rings. The maximum absolute atomic E-state index is 14.4. The van der Waals surface area contributed by atoms with Crippen molar-refractivity contribution in [3.8, 4) is 0 Å². The highest BCUT2D eigenvalue weighted by Crippen LogP contribution is 2.43. The summed E-state index contributed by atoms with van der Waals surface area (Å²) in [5, 5.41) is 2.98. The standard InChI is InChI=1S/C50H26N4O8S2/c55-41-31-19-27-15-7-8-16-28(27)20-32(31)42(56)39(41)53-49-51-37-35(47(59)61-23-25-11-3-1-4-12-25)45-38(36(46(37)64-49)48(60)62-24-26-13-5-2-6-14-26)52-50(63-45)54-40-43(57)33-21-29-17-9-10-18-30(29)22-34(33)44(40)58/h1-22H,23-24H2. The molecule has 11 rings (SSSR count). The van der Waals surface area contributed by atoms with E-state index in [1.165, 1.54) is 0 Å². The van der Waals surface area contributed by atoms with Crippen molar-refractivity contribution in [2.75, 3.05) is 0 Å². The van der Waals surface area contributed by atoms with Gasteiger partial charge in [-0.1, -0.05) is 132 Å². The number of hydrogen-bond donors (Lipinski definition) is 0. The molecule has 0 aliphatic heterocycles. The molecule has 2 aromatic heterocycles. The van der Waals surface area contributed by atoms with E-state index in [-0.39, 0.29) is 87.3 Å². The Labute approximate surface area is 366 Å². The Morgan fingerprint density at radius 2 is 0.766 bits per heavy atom. The molecule has 0 bridgehead atoms. The van der Waals surface area contributed by atoms with Crippen LogP contribution in [0.2, 0.25) is 0 Å². The summed E-state index contributed by atoms with van der Waals surface area (Å²) in [5.41, 5.74) is -1.24. The fourth-order valence-electron chi connectivity index (χ4n) is 7.92. The van der Waals surface area contributed by atoms with E-state index >= 15 is 0 Å². The van der Waals surface area contributed by atoms with Crippen LogP contribution in [0.5, 0.6) is 0 Å². The maximum Gasteiger partial charge on any atom is 0.342 e. The van der Waals surface area contributed by atoms with Crippen LogP contribution in [0.4, 0.5) is 10.3 Å². The van der Waals surface area contributed by atoms with Crippen LogP contribution in [0.3, 0.4) is 0 Å². The van der Waals surface area contributed by atoms with Crippen molar-refractivity contribution in [2.45, 2.75) is 13.2 Å².